The Morgan fingerprint density at radius 1 is 1.28 bits per heavy atom. The molecule has 0 radical (unpaired) electrons. The first-order valence-corrected chi connectivity index (χ1v) is 9.60. The summed E-state index contributed by atoms with van der Waals surface area (Å²) in [7, 11) is -4.71. The lowest BCUT2D eigenvalue weighted by Crippen LogP contribution is -2.52. The first-order chi connectivity index (χ1) is 11.8. The van der Waals surface area contributed by atoms with Crippen molar-refractivity contribution in [2.24, 2.45) is 0 Å². The average Bonchev–Trinajstić information content (AvgIpc) is 2.58. The summed E-state index contributed by atoms with van der Waals surface area (Å²) in [4.78, 5) is 43.1. The molecule has 0 unspecified atom stereocenters. The molecule has 3 N–H and O–H groups in total. The SMILES string of the molecule is CC(=O)N[C@@H](COP(=O)(O)O)C(=O)N1CCC(c2ccccc2)CC1. The lowest BCUT2D eigenvalue weighted by atomic mass is 9.89. The van der Waals surface area contributed by atoms with Gasteiger partial charge in [-0.2, -0.15) is 0 Å². The number of amides is 2. The first kappa shape index (κ1) is 19.6. The van der Waals surface area contributed by atoms with Crippen LogP contribution in [0.3, 0.4) is 0 Å². The van der Waals surface area contributed by atoms with Crippen LogP contribution in [0.25, 0.3) is 0 Å². The van der Waals surface area contributed by atoms with Crippen LogP contribution in [0.15, 0.2) is 30.3 Å². The van der Waals surface area contributed by atoms with Crippen LogP contribution in [-0.4, -0.2) is 52.2 Å². The molecule has 1 aliphatic rings. The Labute approximate surface area is 146 Å². The fourth-order valence-electron chi connectivity index (χ4n) is 2.97. The molecule has 25 heavy (non-hydrogen) atoms. The quantitative estimate of drug-likeness (QED) is 0.644. The van der Waals surface area contributed by atoms with E-state index in [0.717, 1.165) is 12.8 Å². The molecule has 138 valence electrons. The van der Waals surface area contributed by atoms with Gasteiger partial charge in [-0.05, 0) is 24.3 Å². The van der Waals surface area contributed by atoms with Crippen LogP contribution in [-0.2, 0) is 18.7 Å². The summed E-state index contributed by atoms with van der Waals surface area (Å²) in [6.07, 6.45) is 1.59. The maximum Gasteiger partial charge on any atom is 0.469 e. The number of carbonyl (C=O) groups excluding carboxylic acids is 2. The Morgan fingerprint density at radius 3 is 2.40 bits per heavy atom. The lowest BCUT2D eigenvalue weighted by Gasteiger charge is -2.34. The third-order valence-corrected chi connectivity index (χ3v) is 4.65. The number of rotatable bonds is 6. The smallest absolute Gasteiger partial charge is 0.343 e. The highest BCUT2D eigenvalue weighted by atomic mass is 31.2. The van der Waals surface area contributed by atoms with Crippen molar-refractivity contribution < 1.29 is 28.5 Å². The summed E-state index contributed by atoms with van der Waals surface area (Å²) >= 11 is 0. The van der Waals surface area contributed by atoms with Crippen molar-refractivity contribution in [2.75, 3.05) is 19.7 Å². The molecule has 0 bridgehead atoms. The van der Waals surface area contributed by atoms with E-state index in [2.05, 4.69) is 22.0 Å². The number of hydrogen-bond acceptors (Lipinski definition) is 4. The van der Waals surface area contributed by atoms with E-state index in [0.29, 0.717) is 19.0 Å². The van der Waals surface area contributed by atoms with E-state index in [4.69, 9.17) is 9.79 Å². The predicted molar refractivity (Wildman–Crippen MR) is 90.6 cm³/mol. The van der Waals surface area contributed by atoms with Crippen molar-refractivity contribution >= 4 is 19.6 Å². The normalized spacial score (nSPS) is 17.2. The fraction of sp³-hybridized carbons (Fsp3) is 0.500. The van der Waals surface area contributed by atoms with Gasteiger partial charge in [-0.15, -0.1) is 0 Å². The van der Waals surface area contributed by atoms with Crippen LogP contribution in [0.5, 0.6) is 0 Å². The molecule has 1 aromatic rings. The zero-order valence-electron chi connectivity index (χ0n) is 14.0. The van der Waals surface area contributed by atoms with Gasteiger partial charge in [0.25, 0.3) is 0 Å². The van der Waals surface area contributed by atoms with E-state index in [9.17, 15) is 14.2 Å². The number of hydrogen-bond donors (Lipinski definition) is 3. The van der Waals surface area contributed by atoms with E-state index in [1.165, 1.54) is 12.5 Å². The molecule has 1 heterocycles. The van der Waals surface area contributed by atoms with Crippen LogP contribution in [0.4, 0.5) is 0 Å². The monoisotopic (exact) mass is 370 g/mol. The highest BCUT2D eigenvalue weighted by Gasteiger charge is 2.31. The van der Waals surface area contributed by atoms with Crippen LogP contribution < -0.4 is 5.32 Å². The molecular formula is C16H23N2O6P. The minimum atomic E-state index is -4.71. The van der Waals surface area contributed by atoms with Crippen molar-refractivity contribution in [3.8, 4) is 0 Å². The van der Waals surface area contributed by atoms with Crippen LogP contribution >= 0.6 is 7.82 Å². The molecule has 2 rings (SSSR count). The van der Waals surface area contributed by atoms with Crippen molar-refractivity contribution in [3.63, 3.8) is 0 Å². The zero-order chi connectivity index (χ0) is 18.4. The van der Waals surface area contributed by atoms with E-state index < -0.39 is 32.3 Å². The number of nitrogens with zero attached hydrogens (tertiary/aromatic N) is 1. The molecular weight excluding hydrogens is 347 g/mol. The van der Waals surface area contributed by atoms with Gasteiger partial charge in [0.1, 0.15) is 6.04 Å². The first-order valence-electron chi connectivity index (χ1n) is 8.07. The van der Waals surface area contributed by atoms with Gasteiger partial charge in [-0.1, -0.05) is 30.3 Å². The molecule has 0 spiro atoms. The number of nitrogens with one attached hydrogen (secondary N) is 1. The zero-order valence-corrected chi connectivity index (χ0v) is 14.9. The van der Waals surface area contributed by atoms with E-state index >= 15 is 0 Å². The number of benzene rings is 1. The number of piperidine rings is 1. The molecule has 1 saturated heterocycles. The third kappa shape index (κ3) is 6.25. The number of phosphoric ester groups is 1. The maximum atomic E-state index is 12.6. The standard InChI is InChI=1S/C16H23N2O6P/c1-12(19)17-15(11-24-25(21,22)23)16(20)18-9-7-14(8-10-18)13-5-3-2-4-6-13/h2-6,14-15H,7-11H2,1H3,(H,17,19)(H2,21,22,23)/t15-/m0/s1. The minimum Gasteiger partial charge on any atom is -0.343 e. The second-order valence-electron chi connectivity index (χ2n) is 6.05. The molecule has 0 saturated carbocycles. The van der Waals surface area contributed by atoms with Crippen LogP contribution in [0.1, 0.15) is 31.2 Å². The van der Waals surface area contributed by atoms with Gasteiger partial charge in [-0.3, -0.25) is 14.1 Å². The van der Waals surface area contributed by atoms with Gasteiger partial charge in [0, 0.05) is 20.0 Å². The van der Waals surface area contributed by atoms with Crippen LogP contribution in [0.2, 0.25) is 0 Å². The Morgan fingerprint density at radius 2 is 1.88 bits per heavy atom. The predicted octanol–water partition coefficient (Wildman–Crippen LogP) is 1.01. The van der Waals surface area contributed by atoms with Gasteiger partial charge in [0.05, 0.1) is 6.61 Å². The molecule has 2 amide bonds. The molecule has 8 nitrogen and oxygen atoms in total. The summed E-state index contributed by atoms with van der Waals surface area (Å²) in [6, 6.07) is 8.95. The molecule has 0 aliphatic carbocycles. The fourth-order valence-corrected chi connectivity index (χ4v) is 3.31. The lowest BCUT2D eigenvalue weighted by molar-refractivity contribution is -0.138. The Kier molecular flexibility index (Phi) is 6.72. The van der Waals surface area contributed by atoms with Crippen molar-refractivity contribution in [1.29, 1.82) is 0 Å². The number of likely N-dealkylation sites (tertiary alicyclic amines) is 1. The second kappa shape index (κ2) is 8.58. The largest absolute Gasteiger partial charge is 0.469 e. The van der Waals surface area contributed by atoms with Gasteiger partial charge in [-0.25, -0.2) is 4.57 Å². The highest BCUT2D eigenvalue weighted by Crippen LogP contribution is 2.36. The summed E-state index contributed by atoms with van der Waals surface area (Å²) in [5, 5.41) is 2.39. The van der Waals surface area contributed by atoms with Gasteiger partial charge < -0.3 is 20.0 Å². The van der Waals surface area contributed by atoms with E-state index in [-0.39, 0.29) is 0 Å². The van der Waals surface area contributed by atoms with Crippen LogP contribution in [0, 0.1) is 0 Å². The molecule has 9 heteroatoms. The van der Waals surface area contributed by atoms with E-state index in [1.54, 1.807) is 4.90 Å². The number of carbonyl (C=O) groups is 2. The Hall–Kier alpha value is -1.73. The molecule has 0 aromatic heterocycles. The molecule has 1 fully saturated rings. The van der Waals surface area contributed by atoms with Gasteiger partial charge in [0.15, 0.2) is 0 Å². The summed E-state index contributed by atoms with van der Waals surface area (Å²) in [6.45, 7) is 1.70. The van der Waals surface area contributed by atoms with Gasteiger partial charge >= 0.3 is 7.82 Å². The highest BCUT2D eigenvalue weighted by molar-refractivity contribution is 7.46. The Balaban J connectivity index is 1.95. The average molecular weight is 370 g/mol. The summed E-state index contributed by atoms with van der Waals surface area (Å²) < 4.78 is 15.3. The van der Waals surface area contributed by atoms with Gasteiger partial charge in [0.2, 0.25) is 11.8 Å². The minimum absolute atomic E-state index is 0.371. The maximum absolute atomic E-state index is 12.6. The summed E-state index contributed by atoms with van der Waals surface area (Å²) in [5.41, 5.74) is 1.23. The summed E-state index contributed by atoms with van der Waals surface area (Å²) in [5.74, 6) is -0.488. The number of phosphoric acid groups is 1. The Bertz CT molecular complexity index is 639. The third-order valence-electron chi connectivity index (χ3n) is 4.16. The molecule has 1 aliphatic heterocycles. The van der Waals surface area contributed by atoms with E-state index in [1.807, 2.05) is 18.2 Å². The van der Waals surface area contributed by atoms with Crippen molar-refractivity contribution in [1.82, 2.24) is 10.2 Å². The molecule has 1 atom stereocenters. The van der Waals surface area contributed by atoms with Crippen molar-refractivity contribution in [3.05, 3.63) is 35.9 Å². The molecule has 1 aromatic carbocycles. The second-order valence-corrected chi connectivity index (χ2v) is 7.29. The van der Waals surface area contributed by atoms with Crippen molar-refractivity contribution in [2.45, 2.75) is 31.7 Å². The topological polar surface area (TPSA) is 116 Å².